The quantitative estimate of drug-likeness (QED) is 0.201. The Hall–Kier alpha value is -3.05. The number of unbranched alkanes of at least 4 members (excludes halogenated alkanes) is 1. The lowest BCUT2D eigenvalue weighted by molar-refractivity contribution is -0.156. The second-order valence-electron chi connectivity index (χ2n) is 10.7. The Labute approximate surface area is 238 Å². The maximum absolute atomic E-state index is 14.6. The van der Waals surface area contributed by atoms with E-state index in [9.17, 15) is 9.18 Å². The molecule has 0 amide bonds. The second kappa shape index (κ2) is 16.9. The lowest BCUT2D eigenvalue weighted by Crippen LogP contribution is -2.41. The lowest BCUT2D eigenvalue weighted by Gasteiger charge is -2.28. The fourth-order valence-electron chi connectivity index (χ4n) is 4.25. The number of hydrogen-bond acceptors (Lipinski definition) is 10. The molecule has 0 aliphatic carbocycles. The van der Waals surface area contributed by atoms with Crippen LogP contribution in [-0.2, 0) is 27.1 Å². The topological polar surface area (TPSA) is 111 Å². The molecule has 2 aromatic heterocycles. The number of hydrogen-bond donors (Lipinski definition) is 2. The summed E-state index contributed by atoms with van der Waals surface area (Å²) >= 11 is 0. The zero-order valence-corrected chi connectivity index (χ0v) is 25.1. The van der Waals surface area contributed by atoms with Crippen LogP contribution in [0.3, 0.4) is 0 Å². The van der Waals surface area contributed by atoms with E-state index in [0.29, 0.717) is 25.3 Å². The van der Waals surface area contributed by atoms with Crippen LogP contribution >= 0.6 is 0 Å². The third-order valence-electron chi connectivity index (χ3n) is 6.18. The molecule has 2 heterocycles. The van der Waals surface area contributed by atoms with Gasteiger partial charge in [-0.05, 0) is 77.1 Å². The SMILES string of the molecule is CCc1ccc(CCCCN(CCC(Nc2ccnc(OC)n2)C(=O)OC(C)(C)C)CC(F)COC)nc1NC. The van der Waals surface area contributed by atoms with Gasteiger partial charge in [0.1, 0.15) is 29.5 Å². The minimum Gasteiger partial charge on any atom is -0.467 e. The summed E-state index contributed by atoms with van der Waals surface area (Å²) in [5, 5.41) is 6.33. The van der Waals surface area contributed by atoms with E-state index in [1.54, 1.807) is 12.3 Å². The Bertz CT molecular complexity index is 1040. The molecule has 0 aromatic carbocycles. The third kappa shape index (κ3) is 12.0. The van der Waals surface area contributed by atoms with Gasteiger partial charge in [0.2, 0.25) is 0 Å². The summed E-state index contributed by atoms with van der Waals surface area (Å²) in [7, 11) is 4.86. The average molecular weight is 563 g/mol. The fraction of sp³-hybridized carbons (Fsp3) is 0.655. The molecule has 0 aliphatic heterocycles. The van der Waals surface area contributed by atoms with Crippen LogP contribution in [-0.4, -0.2) is 91.1 Å². The minimum atomic E-state index is -1.13. The molecule has 0 saturated carbocycles. The van der Waals surface area contributed by atoms with Crippen LogP contribution in [0.25, 0.3) is 0 Å². The Balaban J connectivity index is 2.06. The Morgan fingerprint density at radius 2 is 1.90 bits per heavy atom. The Kier molecular flexibility index (Phi) is 14.0. The van der Waals surface area contributed by atoms with Crippen LogP contribution in [0.2, 0.25) is 0 Å². The molecule has 0 aliphatic rings. The van der Waals surface area contributed by atoms with Crippen molar-refractivity contribution in [1.82, 2.24) is 19.9 Å². The molecule has 11 heteroatoms. The van der Waals surface area contributed by atoms with E-state index in [0.717, 1.165) is 37.2 Å². The number of aryl methyl sites for hydroxylation is 2. The number of alkyl halides is 1. The summed E-state index contributed by atoms with van der Waals surface area (Å²) in [4.78, 5) is 28.1. The first-order chi connectivity index (χ1) is 19.1. The molecule has 224 valence electrons. The number of ether oxygens (including phenoxy) is 3. The number of esters is 1. The maximum Gasteiger partial charge on any atom is 0.329 e. The van der Waals surface area contributed by atoms with Crippen molar-refractivity contribution in [2.45, 2.75) is 77.6 Å². The Morgan fingerprint density at radius 1 is 1.12 bits per heavy atom. The van der Waals surface area contributed by atoms with Crippen molar-refractivity contribution in [1.29, 1.82) is 0 Å². The van der Waals surface area contributed by atoms with Crippen molar-refractivity contribution in [3.63, 3.8) is 0 Å². The number of carbonyl (C=O) groups is 1. The molecular weight excluding hydrogens is 515 g/mol. The molecule has 0 radical (unpaired) electrons. The number of methoxy groups -OCH3 is 2. The molecule has 2 unspecified atom stereocenters. The van der Waals surface area contributed by atoms with Crippen LogP contribution in [0.1, 0.15) is 58.2 Å². The predicted molar refractivity (Wildman–Crippen MR) is 156 cm³/mol. The molecule has 2 atom stereocenters. The van der Waals surface area contributed by atoms with E-state index in [2.05, 4.69) is 39.7 Å². The summed E-state index contributed by atoms with van der Waals surface area (Å²) in [5.74, 6) is 0.962. The van der Waals surface area contributed by atoms with E-state index in [1.165, 1.54) is 19.8 Å². The molecule has 0 fully saturated rings. The van der Waals surface area contributed by atoms with Gasteiger partial charge in [-0.15, -0.1) is 0 Å². The predicted octanol–water partition coefficient (Wildman–Crippen LogP) is 4.31. The van der Waals surface area contributed by atoms with Gasteiger partial charge in [0.15, 0.2) is 0 Å². The van der Waals surface area contributed by atoms with Crippen LogP contribution < -0.4 is 15.4 Å². The van der Waals surface area contributed by atoms with Crippen molar-refractivity contribution in [3.05, 3.63) is 35.7 Å². The molecule has 0 saturated heterocycles. The number of aromatic nitrogens is 3. The van der Waals surface area contributed by atoms with Gasteiger partial charge < -0.3 is 29.7 Å². The minimum absolute atomic E-state index is 0.0193. The lowest BCUT2D eigenvalue weighted by atomic mass is 10.1. The summed E-state index contributed by atoms with van der Waals surface area (Å²) in [6.07, 6.45) is 4.34. The Morgan fingerprint density at radius 3 is 2.55 bits per heavy atom. The van der Waals surface area contributed by atoms with Crippen molar-refractivity contribution in [2.24, 2.45) is 0 Å². The molecule has 2 aromatic rings. The molecular formula is C29H47FN6O4. The van der Waals surface area contributed by atoms with Crippen molar-refractivity contribution >= 4 is 17.6 Å². The number of rotatable bonds is 18. The van der Waals surface area contributed by atoms with Gasteiger partial charge in [0.05, 0.1) is 13.7 Å². The van der Waals surface area contributed by atoms with Gasteiger partial charge in [-0.25, -0.2) is 19.2 Å². The highest BCUT2D eigenvalue weighted by molar-refractivity contribution is 5.79. The van der Waals surface area contributed by atoms with Crippen LogP contribution in [0, 0.1) is 0 Å². The third-order valence-corrected chi connectivity index (χ3v) is 6.18. The van der Waals surface area contributed by atoms with Crippen molar-refractivity contribution < 1.29 is 23.4 Å². The summed E-state index contributed by atoms with van der Waals surface area (Å²) in [6, 6.07) is 5.36. The van der Waals surface area contributed by atoms with Gasteiger partial charge in [-0.3, -0.25) is 0 Å². The summed E-state index contributed by atoms with van der Waals surface area (Å²) < 4.78 is 30.4. The van der Waals surface area contributed by atoms with Crippen molar-refractivity contribution in [3.8, 4) is 6.01 Å². The molecule has 0 bridgehead atoms. The highest BCUT2D eigenvalue weighted by atomic mass is 19.1. The van der Waals surface area contributed by atoms with E-state index < -0.39 is 23.8 Å². The highest BCUT2D eigenvalue weighted by Crippen LogP contribution is 2.17. The number of anilines is 2. The monoisotopic (exact) mass is 562 g/mol. The number of pyridine rings is 1. The van der Waals surface area contributed by atoms with Crippen molar-refractivity contribution in [2.75, 3.05) is 58.1 Å². The van der Waals surface area contributed by atoms with E-state index >= 15 is 0 Å². The van der Waals surface area contributed by atoms with Gasteiger partial charge >= 0.3 is 12.0 Å². The molecule has 40 heavy (non-hydrogen) atoms. The first kappa shape index (κ1) is 33.2. The van der Waals surface area contributed by atoms with Gasteiger partial charge in [-0.1, -0.05) is 13.0 Å². The zero-order valence-electron chi connectivity index (χ0n) is 25.1. The van der Waals surface area contributed by atoms with E-state index in [-0.39, 0.29) is 19.2 Å². The molecule has 2 N–H and O–H groups in total. The molecule has 2 rings (SSSR count). The van der Waals surface area contributed by atoms with Gasteiger partial charge in [0, 0.05) is 39.1 Å². The first-order valence-corrected chi connectivity index (χ1v) is 14.0. The number of halogens is 1. The van der Waals surface area contributed by atoms with Crippen LogP contribution in [0.4, 0.5) is 16.0 Å². The molecule has 10 nitrogen and oxygen atoms in total. The largest absolute Gasteiger partial charge is 0.467 e. The second-order valence-corrected chi connectivity index (χ2v) is 10.7. The normalized spacial score (nSPS) is 13.1. The summed E-state index contributed by atoms with van der Waals surface area (Å²) in [5.41, 5.74) is 1.57. The van der Waals surface area contributed by atoms with Crippen LogP contribution in [0.15, 0.2) is 24.4 Å². The van der Waals surface area contributed by atoms with Gasteiger partial charge in [-0.2, -0.15) is 4.98 Å². The van der Waals surface area contributed by atoms with E-state index in [4.69, 9.17) is 19.2 Å². The average Bonchev–Trinajstić information content (AvgIpc) is 2.92. The van der Waals surface area contributed by atoms with E-state index in [1.807, 2.05) is 32.7 Å². The number of nitrogens with one attached hydrogen (secondary N) is 2. The standard InChI is InChI=1S/C29H47FN6O4/c1-8-21-12-13-23(33-26(21)31-5)11-9-10-17-36(19-22(30)20-38-6)18-15-24(27(37)40-29(2,3)4)34-25-14-16-32-28(35-25)39-7/h12-14,16,22,24H,8-11,15,17-20H2,1-7H3,(H,31,33)(H,32,34,35). The highest BCUT2D eigenvalue weighted by Gasteiger charge is 2.27. The first-order valence-electron chi connectivity index (χ1n) is 14.0. The number of carbonyl (C=O) groups excluding carboxylic acids is 1. The zero-order chi connectivity index (χ0) is 29.5. The fourth-order valence-corrected chi connectivity index (χ4v) is 4.25. The molecule has 0 spiro atoms. The summed E-state index contributed by atoms with van der Waals surface area (Å²) in [6.45, 7) is 8.98. The maximum atomic E-state index is 14.6. The number of nitrogens with zero attached hydrogens (tertiary/aromatic N) is 4. The van der Waals surface area contributed by atoms with Gasteiger partial charge in [0.25, 0.3) is 0 Å². The van der Waals surface area contributed by atoms with Crippen LogP contribution in [0.5, 0.6) is 6.01 Å². The smallest absolute Gasteiger partial charge is 0.329 e.